The summed E-state index contributed by atoms with van der Waals surface area (Å²) < 4.78 is 27.6. The van der Waals surface area contributed by atoms with Gasteiger partial charge < -0.3 is 4.90 Å². The molecule has 4 rings (SSSR count). The number of aryl methyl sites for hydroxylation is 1. The summed E-state index contributed by atoms with van der Waals surface area (Å²) in [5, 5.41) is 8.26. The number of nitrogens with one attached hydrogen (secondary N) is 1. The maximum Gasteiger partial charge on any atom is 0.263 e. The third-order valence-corrected chi connectivity index (χ3v) is 5.95. The van der Waals surface area contributed by atoms with Crippen LogP contribution in [-0.4, -0.2) is 25.2 Å². The largest absolute Gasteiger partial charge is 0.324 e. The van der Waals surface area contributed by atoms with Crippen LogP contribution in [0.5, 0.6) is 0 Å². The zero-order valence-corrected chi connectivity index (χ0v) is 15.1. The first-order valence-corrected chi connectivity index (χ1v) is 9.80. The third-order valence-electron chi connectivity index (χ3n) is 4.44. The molecule has 0 saturated carbocycles. The molecule has 1 aliphatic heterocycles. The monoisotopic (exact) mass is 366 g/mol. The molecule has 6 nitrogen and oxygen atoms in total. The molecule has 0 spiro atoms. The predicted octanol–water partition coefficient (Wildman–Crippen LogP) is 3.28. The fourth-order valence-corrected chi connectivity index (χ4v) is 4.39. The average Bonchev–Trinajstić information content (AvgIpc) is 3.06. The topological polar surface area (TPSA) is 75.2 Å². The predicted molar refractivity (Wildman–Crippen MR) is 101 cm³/mol. The first-order valence-electron chi connectivity index (χ1n) is 8.32. The Morgan fingerprint density at radius 1 is 0.962 bits per heavy atom. The van der Waals surface area contributed by atoms with Crippen LogP contribution in [-0.2, 0) is 16.4 Å². The number of rotatable bonds is 4. The van der Waals surface area contributed by atoms with Crippen LogP contribution >= 0.6 is 0 Å². The van der Waals surface area contributed by atoms with Crippen molar-refractivity contribution in [3.05, 3.63) is 71.8 Å². The van der Waals surface area contributed by atoms with Crippen LogP contribution in [0.15, 0.2) is 65.6 Å². The summed E-state index contributed by atoms with van der Waals surface area (Å²) in [6.45, 7) is 2.59. The second kappa shape index (κ2) is 6.42. The molecule has 1 aliphatic rings. The number of anilines is 3. The lowest BCUT2D eigenvalue weighted by atomic mass is 10.2. The molecule has 0 bridgehead atoms. The highest BCUT2D eigenvalue weighted by molar-refractivity contribution is 7.92. The Hall–Kier alpha value is -2.93. The lowest BCUT2D eigenvalue weighted by Crippen LogP contribution is -2.18. The molecule has 3 aromatic rings. The average molecular weight is 366 g/mol. The van der Waals surface area contributed by atoms with E-state index in [2.05, 4.69) is 32.0 Å². The molecule has 7 heteroatoms. The van der Waals surface area contributed by atoms with Crippen molar-refractivity contribution >= 4 is 27.3 Å². The van der Waals surface area contributed by atoms with Crippen LogP contribution in [0.4, 0.5) is 17.3 Å². The zero-order valence-electron chi connectivity index (χ0n) is 14.3. The van der Waals surface area contributed by atoms with Gasteiger partial charge in [-0.15, -0.1) is 10.2 Å². The molecule has 0 atom stereocenters. The van der Waals surface area contributed by atoms with E-state index in [1.54, 1.807) is 43.3 Å². The molecule has 2 heterocycles. The number of hydrogen-bond donors (Lipinski definition) is 1. The highest BCUT2D eigenvalue weighted by Gasteiger charge is 2.22. The number of sulfonamides is 1. The number of benzene rings is 2. The number of aromatic nitrogens is 2. The highest BCUT2D eigenvalue weighted by Crippen LogP contribution is 2.33. The van der Waals surface area contributed by atoms with E-state index in [0.717, 1.165) is 18.7 Å². The van der Waals surface area contributed by atoms with Crippen LogP contribution in [0.1, 0.15) is 11.1 Å². The van der Waals surface area contributed by atoms with E-state index in [1.165, 1.54) is 5.56 Å². The van der Waals surface area contributed by atoms with Crippen LogP contribution in [0.3, 0.4) is 0 Å². The van der Waals surface area contributed by atoms with Crippen molar-refractivity contribution in [3.63, 3.8) is 0 Å². The van der Waals surface area contributed by atoms with Gasteiger partial charge in [0, 0.05) is 12.2 Å². The quantitative estimate of drug-likeness (QED) is 0.767. The molecule has 0 saturated heterocycles. The lowest BCUT2D eigenvalue weighted by Gasteiger charge is -2.17. The van der Waals surface area contributed by atoms with E-state index in [4.69, 9.17) is 0 Å². The number of hydrogen-bond acceptors (Lipinski definition) is 5. The van der Waals surface area contributed by atoms with Crippen molar-refractivity contribution in [1.82, 2.24) is 10.2 Å². The zero-order chi connectivity index (χ0) is 18.1. The highest BCUT2D eigenvalue weighted by atomic mass is 32.2. The SMILES string of the molecule is Cc1ccccc1S(=O)(=O)Nc1ccc(N2CCc3ccccc32)nn1. The summed E-state index contributed by atoms with van der Waals surface area (Å²) in [5.41, 5.74) is 3.08. The summed E-state index contributed by atoms with van der Waals surface area (Å²) in [6, 6.07) is 18.4. The van der Waals surface area contributed by atoms with E-state index in [0.29, 0.717) is 11.4 Å². The molecule has 0 unspecified atom stereocenters. The standard InChI is InChI=1S/C19H18N4O2S/c1-14-6-2-5-9-17(14)26(24,25)22-18-10-11-19(21-20-18)23-13-12-15-7-3-4-8-16(15)23/h2-11H,12-13H2,1H3,(H,20,22). The van der Waals surface area contributed by atoms with Crippen molar-refractivity contribution in [2.45, 2.75) is 18.2 Å². The molecule has 132 valence electrons. The van der Waals surface area contributed by atoms with E-state index >= 15 is 0 Å². The number of nitrogens with zero attached hydrogens (tertiary/aromatic N) is 3. The molecule has 1 N–H and O–H groups in total. The van der Waals surface area contributed by atoms with E-state index in [-0.39, 0.29) is 10.7 Å². The summed E-state index contributed by atoms with van der Waals surface area (Å²) in [5.74, 6) is 0.901. The minimum Gasteiger partial charge on any atom is -0.324 e. The number of fused-ring (bicyclic) bond motifs is 1. The van der Waals surface area contributed by atoms with Crippen molar-refractivity contribution in [2.75, 3.05) is 16.2 Å². The van der Waals surface area contributed by atoms with Gasteiger partial charge in [0.25, 0.3) is 10.0 Å². The molecule has 0 radical (unpaired) electrons. The Labute approximate surface area is 152 Å². The van der Waals surface area contributed by atoms with Crippen LogP contribution in [0.25, 0.3) is 0 Å². The lowest BCUT2D eigenvalue weighted by molar-refractivity contribution is 0.600. The molecule has 0 fully saturated rings. The summed E-state index contributed by atoms with van der Waals surface area (Å²) >= 11 is 0. The molecule has 0 amide bonds. The maximum absolute atomic E-state index is 12.5. The van der Waals surface area contributed by atoms with Gasteiger partial charge in [-0.3, -0.25) is 4.72 Å². The van der Waals surface area contributed by atoms with Crippen molar-refractivity contribution in [3.8, 4) is 0 Å². The second-order valence-electron chi connectivity index (χ2n) is 6.18. The van der Waals surface area contributed by atoms with Crippen molar-refractivity contribution < 1.29 is 8.42 Å². The van der Waals surface area contributed by atoms with Gasteiger partial charge in [-0.1, -0.05) is 36.4 Å². The third kappa shape index (κ3) is 3.01. The van der Waals surface area contributed by atoms with Gasteiger partial charge in [-0.05, 0) is 48.7 Å². The van der Waals surface area contributed by atoms with E-state index < -0.39 is 10.0 Å². The van der Waals surface area contributed by atoms with Gasteiger partial charge >= 0.3 is 0 Å². The molecule has 1 aromatic heterocycles. The Balaban J connectivity index is 1.57. The van der Waals surface area contributed by atoms with E-state index in [1.807, 2.05) is 12.1 Å². The normalized spacial score (nSPS) is 13.5. The van der Waals surface area contributed by atoms with Gasteiger partial charge in [-0.2, -0.15) is 0 Å². The van der Waals surface area contributed by atoms with Crippen LogP contribution in [0, 0.1) is 6.92 Å². The van der Waals surface area contributed by atoms with Gasteiger partial charge in [0.15, 0.2) is 11.6 Å². The van der Waals surface area contributed by atoms with Gasteiger partial charge in [0.05, 0.1) is 4.90 Å². The Bertz CT molecular complexity index is 1050. The minimum absolute atomic E-state index is 0.199. The van der Waals surface area contributed by atoms with E-state index in [9.17, 15) is 8.42 Å². The van der Waals surface area contributed by atoms with Gasteiger partial charge in [0.2, 0.25) is 0 Å². The first kappa shape index (κ1) is 16.5. The molecule has 2 aromatic carbocycles. The second-order valence-corrected chi connectivity index (χ2v) is 7.83. The van der Waals surface area contributed by atoms with Gasteiger partial charge in [0.1, 0.15) is 0 Å². The summed E-state index contributed by atoms with van der Waals surface area (Å²) in [7, 11) is -3.69. The van der Waals surface area contributed by atoms with Gasteiger partial charge in [-0.25, -0.2) is 8.42 Å². The molecule has 26 heavy (non-hydrogen) atoms. The van der Waals surface area contributed by atoms with Crippen LogP contribution in [0.2, 0.25) is 0 Å². The van der Waals surface area contributed by atoms with Crippen molar-refractivity contribution in [1.29, 1.82) is 0 Å². The molecular formula is C19H18N4O2S. The number of para-hydroxylation sites is 1. The first-order chi connectivity index (χ1) is 12.5. The maximum atomic E-state index is 12.5. The fourth-order valence-electron chi connectivity index (χ4n) is 3.15. The smallest absolute Gasteiger partial charge is 0.263 e. The van der Waals surface area contributed by atoms with Crippen molar-refractivity contribution in [2.24, 2.45) is 0 Å². The Kier molecular flexibility index (Phi) is 4.08. The summed E-state index contributed by atoms with van der Waals surface area (Å²) in [4.78, 5) is 2.32. The Morgan fingerprint density at radius 3 is 2.50 bits per heavy atom. The fraction of sp³-hybridized carbons (Fsp3) is 0.158. The summed E-state index contributed by atoms with van der Waals surface area (Å²) in [6.07, 6.45) is 0.958. The minimum atomic E-state index is -3.69. The molecule has 0 aliphatic carbocycles. The van der Waals surface area contributed by atoms with Crippen LogP contribution < -0.4 is 9.62 Å². The Morgan fingerprint density at radius 2 is 1.73 bits per heavy atom. The molecular weight excluding hydrogens is 348 g/mol.